The van der Waals surface area contributed by atoms with Crippen LogP contribution < -0.4 is 0 Å². The third-order valence-electron chi connectivity index (χ3n) is 3.76. The average molecular weight is 341 g/mol. The summed E-state index contributed by atoms with van der Waals surface area (Å²) >= 11 is 0. The van der Waals surface area contributed by atoms with Crippen molar-refractivity contribution in [3.8, 4) is 34.8 Å². The number of hydrogen-bond acceptors (Lipinski definition) is 6. The van der Waals surface area contributed by atoms with E-state index in [9.17, 15) is 10.1 Å². The number of nitro groups is 1. The number of nitriles is 2. The van der Waals surface area contributed by atoms with Crippen LogP contribution in [-0.4, -0.2) is 14.9 Å². The van der Waals surface area contributed by atoms with Crippen molar-refractivity contribution in [2.24, 2.45) is 0 Å². The Labute approximate surface area is 149 Å². The van der Waals surface area contributed by atoms with Gasteiger partial charge in [-0.2, -0.15) is 10.5 Å². The maximum Gasteiger partial charge on any atom is 0.316 e. The van der Waals surface area contributed by atoms with Gasteiger partial charge in [0.15, 0.2) is 11.5 Å². The minimum absolute atomic E-state index is 0.136. The molecule has 0 unspecified atom stereocenters. The third kappa shape index (κ3) is 3.10. The zero-order valence-corrected chi connectivity index (χ0v) is 13.7. The van der Waals surface area contributed by atoms with Crippen LogP contribution in [0.1, 0.15) is 16.8 Å². The summed E-state index contributed by atoms with van der Waals surface area (Å²) in [7, 11) is 0. The molecular formula is C19H11N5O2. The zero-order valence-electron chi connectivity index (χ0n) is 13.7. The second-order valence-electron chi connectivity index (χ2n) is 5.47. The van der Waals surface area contributed by atoms with Gasteiger partial charge in [-0.15, -0.1) is 0 Å². The number of aromatic nitrogens is 2. The Morgan fingerprint density at radius 2 is 1.54 bits per heavy atom. The number of rotatable bonds is 3. The molecule has 0 aliphatic heterocycles. The SMILES string of the molecule is Cc1nc(-c2cccc(C#N)c2)nc(-c2cccc(C#N)c2)c1[N+](=O)[O-]. The van der Waals surface area contributed by atoms with Crippen LogP contribution in [0.15, 0.2) is 48.5 Å². The zero-order chi connectivity index (χ0) is 18.7. The van der Waals surface area contributed by atoms with Crippen LogP contribution in [0.25, 0.3) is 22.6 Å². The summed E-state index contributed by atoms with van der Waals surface area (Å²) < 4.78 is 0. The number of benzene rings is 2. The van der Waals surface area contributed by atoms with Crippen molar-refractivity contribution in [2.75, 3.05) is 0 Å². The van der Waals surface area contributed by atoms with E-state index >= 15 is 0 Å². The van der Waals surface area contributed by atoms with Gasteiger partial charge in [-0.1, -0.05) is 24.3 Å². The van der Waals surface area contributed by atoms with Gasteiger partial charge in [-0.25, -0.2) is 9.97 Å². The molecule has 3 rings (SSSR count). The molecule has 0 saturated heterocycles. The van der Waals surface area contributed by atoms with Crippen molar-refractivity contribution >= 4 is 5.69 Å². The van der Waals surface area contributed by atoms with Crippen LogP contribution in [0.3, 0.4) is 0 Å². The van der Waals surface area contributed by atoms with E-state index in [0.717, 1.165) is 0 Å². The molecular weight excluding hydrogens is 330 g/mol. The summed E-state index contributed by atoms with van der Waals surface area (Å²) in [6.07, 6.45) is 0. The molecule has 26 heavy (non-hydrogen) atoms. The fourth-order valence-electron chi connectivity index (χ4n) is 2.58. The minimum atomic E-state index is -0.529. The number of nitrogens with zero attached hydrogens (tertiary/aromatic N) is 5. The smallest absolute Gasteiger partial charge is 0.258 e. The van der Waals surface area contributed by atoms with Crippen LogP contribution >= 0.6 is 0 Å². The summed E-state index contributed by atoms with van der Waals surface area (Å²) in [6.45, 7) is 1.54. The average Bonchev–Trinajstić information content (AvgIpc) is 2.67. The lowest BCUT2D eigenvalue weighted by molar-refractivity contribution is -0.385. The molecule has 124 valence electrons. The second-order valence-corrected chi connectivity index (χ2v) is 5.47. The molecule has 7 nitrogen and oxygen atoms in total. The lowest BCUT2D eigenvalue weighted by atomic mass is 10.1. The van der Waals surface area contributed by atoms with Gasteiger partial charge in [0, 0.05) is 11.1 Å². The number of hydrogen-bond donors (Lipinski definition) is 0. The van der Waals surface area contributed by atoms with Crippen molar-refractivity contribution in [3.05, 3.63) is 75.5 Å². The van der Waals surface area contributed by atoms with Gasteiger partial charge in [0.2, 0.25) is 0 Å². The van der Waals surface area contributed by atoms with E-state index in [4.69, 9.17) is 10.5 Å². The first-order valence-corrected chi connectivity index (χ1v) is 7.57. The van der Waals surface area contributed by atoms with Crippen molar-refractivity contribution in [2.45, 2.75) is 6.92 Å². The highest BCUT2D eigenvalue weighted by Gasteiger charge is 2.24. The van der Waals surface area contributed by atoms with E-state index < -0.39 is 4.92 Å². The Morgan fingerprint density at radius 3 is 2.12 bits per heavy atom. The summed E-state index contributed by atoms with van der Waals surface area (Å²) in [5, 5.41) is 29.7. The van der Waals surface area contributed by atoms with Gasteiger partial charge in [0.1, 0.15) is 5.69 Å². The molecule has 0 saturated carbocycles. The van der Waals surface area contributed by atoms with E-state index in [2.05, 4.69) is 9.97 Å². The Bertz CT molecular complexity index is 1110. The molecule has 0 N–H and O–H groups in total. The first kappa shape index (κ1) is 16.7. The molecule has 1 aromatic heterocycles. The molecule has 0 spiro atoms. The van der Waals surface area contributed by atoms with E-state index in [-0.39, 0.29) is 22.9 Å². The molecule has 1 heterocycles. The maximum absolute atomic E-state index is 11.5. The van der Waals surface area contributed by atoms with Crippen LogP contribution in [0.4, 0.5) is 5.69 Å². The highest BCUT2D eigenvalue weighted by molar-refractivity contribution is 5.74. The van der Waals surface area contributed by atoms with Crippen molar-refractivity contribution < 1.29 is 4.92 Å². The van der Waals surface area contributed by atoms with Gasteiger partial charge in [0.05, 0.1) is 28.2 Å². The third-order valence-corrected chi connectivity index (χ3v) is 3.76. The molecule has 0 amide bonds. The summed E-state index contributed by atoms with van der Waals surface area (Å²) in [4.78, 5) is 19.6. The van der Waals surface area contributed by atoms with Crippen LogP contribution in [-0.2, 0) is 0 Å². The normalized spacial score (nSPS) is 9.96. The lowest BCUT2D eigenvalue weighted by Crippen LogP contribution is -2.03. The largest absolute Gasteiger partial charge is 0.316 e. The molecule has 7 heteroatoms. The molecule has 0 atom stereocenters. The summed E-state index contributed by atoms with van der Waals surface area (Å²) in [5.74, 6) is 0.280. The Morgan fingerprint density at radius 1 is 0.962 bits per heavy atom. The number of aryl methyl sites for hydroxylation is 1. The lowest BCUT2D eigenvalue weighted by Gasteiger charge is -2.08. The van der Waals surface area contributed by atoms with Crippen molar-refractivity contribution in [3.63, 3.8) is 0 Å². The quantitative estimate of drug-likeness (QED) is 0.528. The molecule has 0 bridgehead atoms. The maximum atomic E-state index is 11.5. The summed E-state index contributed by atoms with van der Waals surface area (Å²) in [5.41, 5.74) is 1.99. The monoisotopic (exact) mass is 341 g/mol. The fraction of sp³-hybridized carbons (Fsp3) is 0.0526. The second kappa shape index (κ2) is 6.80. The van der Waals surface area contributed by atoms with Gasteiger partial charge in [-0.05, 0) is 31.2 Å². The Hall–Kier alpha value is -4.10. The van der Waals surface area contributed by atoms with Crippen molar-refractivity contribution in [1.29, 1.82) is 10.5 Å². The van der Waals surface area contributed by atoms with Gasteiger partial charge < -0.3 is 0 Å². The summed E-state index contributed by atoms with van der Waals surface area (Å²) in [6, 6.07) is 17.2. The Kier molecular flexibility index (Phi) is 4.38. The Balaban J connectivity index is 2.28. The molecule has 0 aliphatic rings. The van der Waals surface area contributed by atoms with E-state index in [1.54, 1.807) is 48.5 Å². The topological polar surface area (TPSA) is 116 Å². The van der Waals surface area contributed by atoms with E-state index in [1.165, 1.54) is 6.92 Å². The fourth-order valence-corrected chi connectivity index (χ4v) is 2.58. The molecule has 0 fully saturated rings. The predicted molar refractivity (Wildman–Crippen MR) is 93.7 cm³/mol. The first-order valence-electron chi connectivity index (χ1n) is 7.57. The first-order chi connectivity index (χ1) is 12.5. The van der Waals surface area contributed by atoms with Crippen LogP contribution in [0, 0.1) is 39.7 Å². The molecule has 2 aromatic carbocycles. The molecule has 0 aliphatic carbocycles. The predicted octanol–water partition coefficient (Wildman–Crippen LogP) is 3.77. The molecule has 3 aromatic rings. The molecule has 0 radical (unpaired) electrons. The standard InChI is InChI=1S/C19H11N5O2/c1-12-18(24(25)26)17(15-6-2-4-13(8-15)10-20)23-19(22-12)16-7-3-5-14(9-16)11-21/h2-9H,1H3. The minimum Gasteiger partial charge on any atom is -0.258 e. The highest BCUT2D eigenvalue weighted by atomic mass is 16.6. The van der Waals surface area contributed by atoms with Gasteiger partial charge in [0.25, 0.3) is 0 Å². The highest BCUT2D eigenvalue weighted by Crippen LogP contribution is 2.32. The van der Waals surface area contributed by atoms with Crippen LogP contribution in [0.2, 0.25) is 0 Å². The van der Waals surface area contributed by atoms with E-state index in [1.807, 2.05) is 12.1 Å². The van der Waals surface area contributed by atoms with Gasteiger partial charge >= 0.3 is 5.69 Å². The van der Waals surface area contributed by atoms with E-state index in [0.29, 0.717) is 22.3 Å². The van der Waals surface area contributed by atoms with Gasteiger partial charge in [-0.3, -0.25) is 10.1 Å². The van der Waals surface area contributed by atoms with Crippen LogP contribution in [0.5, 0.6) is 0 Å². The van der Waals surface area contributed by atoms with Crippen molar-refractivity contribution in [1.82, 2.24) is 9.97 Å².